The molecule has 3 rings (SSSR count). The molecule has 2 aromatic carbocycles. The van der Waals surface area contributed by atoms with Crippen LogP contribution in [0.15, 0.2) is 42.5 Å². The molecule has 0 aromatic heterocycles. The van der Waals surface area contributed by atoms with Crippen LogP contribution < -0.4 is 14.8 Å². The molecule has 1 atom stereocenters. The van der Waals surface area contributed by atoms with Crippen molar-refractivity contribution in [2.75, 3.05) is 18.5 Å². The monoisotopic (exact) mass is 343 g/mol. The average molecular weight is 343 g/mol. The Balaban J connectivity index is 1.55. The zero-order valence-corrected chi connectivity index (χ0v) is 14.7. The normalized spacial score (nSPS) is 14.1. The van der Waals surface area contributed by atoms with Crippen molar-refractivity contribution in [1.29, 1.82) is 0 Å². The van der Waals surface area contributed by atoms with Crippen molar-refractivity contribution in [2.45, 2.75) is 24.9 Å². The number of carbonyl (C=O) groups is 1. The fourth-order valence-corrected chi connectivity index (χ4v) is 3.19. The predicted molar refractivity (Wildman–Crippen MR) is 98.0 cm³/mol. The van der Waals surface area contributed by atoms with E-state index < -0.39 is 0 Å². The number of rotatable bonds is 5. The lowest BCUT2D eigenvalue weighted by Crippen LogP contribution is -2.23. The molecule has 1 aliphatic heterocycles. The van der Waals surface area contributed by atoms with Crippen LogP contribution in [0.25, 0.3) is 0 Å². The summed E-state index contributed by atoms with van der Waals surface area (Å²) in [5.41, 5.74) is 3.20. The first kappa shape index (κ1) is 16.7. The Kier molecular flexibility index (Phi) is 5.30. The highest BCUT2D eigenvalue weighted by atomic mass is 32.2. The lowest BCUT2D eigenvalue weighted by molar-refractivity contribution is -0.115. The number of nitrogens with one attached hydrogen (secondary N) is 1. The third-order valence-electron chi connectivity index (χ3n) is 3.80. The molecular formula is C19H21NO3S. The number of thioether (sulfide) groups is 1. The quantitative estimate of drug-likeness (QED) is 0.890. The van der Waals surface area contributed by atoms with Crippen molar-refractivity contribution in [2.24, 2.45) is 0 Å². The summed E-state index contributed by atoms with van der Waals surface area (Å²) in [6, 6.07) is 13.9. The van der Waals surface area contributed by atoms with Crippen LogP contribution in [0.5, 0.6) is 11.5 Å². The van der Waals surface area contributed by atoms with E-state index in [1.165, 1.54) is 11.1 Å². The number of carbonyl (C=O) groups excluding carboxylic acids is 1. The Labute approximate surface area is 146 Å². The standard InChI is InChI=1S/C19H21NO3S/c1-13-3-5-15(6-4-13)12-24-14(2)19(21)20-16-7-8-17-18(11-16)23-10-9-22-17/h3-8,11,14H,9-10,12H2,1-2H3,(H,20,21)/t14-/m1/s1. The van der Waals surface area contributed by atoms with Gasteiger partial charge in [-0.25, -0.2) is 0 Å². The van der Waals surface area contributed by atoms with Gasteiger partial charge < -0.3 is 14.8 Å². The second kappa shape index (κ2) is 7.62. The molecule has 0 radical (unpaired) electrons. The summed E-state index contributed by atoms with van der Waals surface area (Å²) >= 11 is 1.62. The maximum atomic E-state index is 12.4. The van der Waals surface area contributed by atoms with Gasteiger partial charge in [0.15, 0.2) is 11.5 Å². The number of amides is 1. The maximum Gasteiger partial charge on any atom is 0.237 e. The second-order valence-corrected chi connectivity index (χ2v) is 7.12. The highest BCUT2D eigenvalue weighted by Crippen LogP contribution is 2.32. The summed E-state index contributed by atoms with van der Waals surface area (Å²) in [4.78, 5) is 12.4. The molecule has 1 aliphatic rings. The third kappa shape index (κ3) is 4.23. The molecule has 126 valence electrons. The number of fused-ring (bicyclic) bond motifs is 1. The van der Waals surface area contributed by atoms with Crippen molar-refractivity contribution in [3.8, 4) is 11.5 Å². The summed E-state index contributed by atoms with van der Waals surface area (Å²) in [7, 11) is 0. The molecule has 2 aromatic rings. The van der Waals surface area contributed by atoms with Crippen LogP contribution in [-0.2, 0) is 10.5 Å². The van der Waals surface area contributed by atoms with E-state index in [-0.39, 0.29) is 11.2 Å². The van der Waals surface area contributed by atoms with Gasteiger partial charge in [-0.1, -0.05) is 29.8 Å². The van der Waals surface area contributed by atoms with Crippen LogP contribution in [0.4, 0.5) is 5.69 Å². The fourth-order valence-electron chi connectivity index (χ4n) is 2.35. The number of ether oxygens (including phenoxy) is 2. The van der Waals surface area contributed by atoms with Crippen molar-refractivity contribution >= 4 is 23.4 Å². The molecule has 0 fully saturated rings. The first-order chi connectivity index (χ1) is 11.6. The Hall–Kier alpha value is -2.14. The van der Waals surface area contributed by atoms with Gasteiger partial charge in [0.2, 0.25) is 5.91 Å². The first-order valence-corrected chi connectivity index (χ1v) is 9.04. The van der Waals surface area contributed by atoms with Crippen molar-refractivity contribution in [1.82, 2.24) is 0 Å². The van der Waals surface area contributed by atoms with Gasteiger partial charge in [0.05, 0.1) is 5.25 Å². The summed E-state index contributed by atoms with van der Waals surface area (Å²) in [5.74, 6) is 2.21. The molecule has 1 heterocycles. The summed E-state index contributed by atoms with van der Waals surface area (Å²) < 4.78 is 11.0. The van der Waals surface area contributed by atoms with Crippen LogP contribution in [0.2, 0.25) is 0 Å². The van der Waals surface area contributed by atoms with Crippen molar-refractivity contribution in [3.05, 3.63) is 53.6 Å². The zero-order valence-electron chi connectivity index (χ0n) is 13.9. The number of hydrogen-bond donors (Lipinski definition) is 1. The van der Waals surface area contributed by atoms with E-state index in [1.54, 1.807) is 11.8 Å². The molecule has 4 nitrogen and oxygen atoms in total. The van der Waals surface area contributed by atoms with Gasteiger partial charge >= 0.3 is 0 Å². The molecule has 0 saturated carbocycles. The lowest BCUT2D eigenvalue weighted by atomic mass is 10.2. The largest absolute Gasteiger partial charge is 0.486 e. The lowest BCUT2D eigenvalue weighted by Gasteiger charge is -2.19. The molecule has 0 aliphatic carbocycles. The molecular weight excluding hydrogens is 322 g/mol. The molecule has 1 amide bonds. The van der Waals surface area contributed by atoms with Gasteiger partial charge in [-0.15, -0.1) is 11.8 Å². The van der Waals surface area contributed by atoms with Crippen LogP contribution >= 0.6 is 11.8 Å². The van der Waals surface area contributed by atoms with E-state index in [4.69, 9.17) is 9.47 Å². The number of aryl methyl sites for hydroxylation is 1. The van der Waals surface area contributed by atoms with Gasteiger partial charge in [0, 0.05) is 17.5 Å². The minimum Gasteiger partial charge on any atom is -0.486 e. The molecule has 1 N–H and O–H groups in total. The highest BCUT2D eigenvalue weighted by Gasteiger charge is 2.16. The van der Waals surface area contributed by atoms with Crippen LogP contribution in [0.1, 0.15) is 18.1 Å². The zero-order chi connectivity index (χ0) is 16.9. The van der Waals surface area contributed by atoms with E-state index in [0.717, 1.165) is 17.2 Å². The molecule has 0 bridgehead atoms. The summed E-state index contributed by atoms with van der Waals surface area (Å²) in [6.07, 6.45) is 0. The fraction of sp³-hybridized carbons (Fsp3) is 0.316. The Morgan fingerprint density at radius 3 is 2.58 bits per heavy atom. The minimum absolute atomic E-state index is 0.0104. The topological polar surface area (TPSA) is 47.6 Å². The number of benzene rings is 2. The minimum atomic E-state index is -0.139. The maximum absolute atomic E-state index is 12.4. The van der Waals surface area contributed by atoms with Gasteiger partial charge in [-0.3, -0.25) is 4.79 Å². The molecule has 0 unspecified atom stereocenters. The number of anilines is 1. The van der Waals surface area contributed by atoms with E-state index in [1.807, 2.05) is 25.1 Å². The van der Waals surface area contributed by atoms with E-state index >= 15 is 0 Å². The van der Waals surface area contributed by atoms with E-state index in [9.17, 15) is 4.79 Å². The first-order valence-electron chi connectivity index (χ1n) is 7.99. The van der Waals surface area contributed by atoms with Crippen LogP contribution in [0, 0.1) is 6.92 Å². The predicted octanol–water partition coefficient (Wildman–Crippen LogP) is 4.03. The molecule has 24 heavy (non-hydrogen) atoms. The van der Waals surface area contributed by atoms with Crippen molar-refractivity contribution in [3.63, 3.8) is 0 Å². The third-order valence-corrected chi connectivity index (χ3v) is 5.01. The summed E-state index contributed by atoms with van der Waals surface area (Å²) in [6.45, 7) is 5.09. The van der Waals surface area contributed by atoms with Gasteiger partial charge in [-0.2, -0.15) is 0 Å². The highest BCUT2D eigenvalue weighted by molar-refractivity contribution is 7.99. The molecule has 0 saturated heterocycles. The molecule has 5 heteroatoms. The Bertz CT molecular complexity index is 715. The number of hydrogen-bond acceptors (Lipinski definition) is 4. The average Bonchev–Trinajstić information content (AvgIpc) is 2.61. The SMILES string of the molecule is Cc1ccc(CS[C@H](C)C(=O)Nc2ccc3c(c2)OCCO3)cc1. The van der Waals surface area contributed by atoms with Gasteiger partial charge in [0.25, 0.3) is 0 Å². The van der Waals surface area contributed by atoms with Crippen molar-refractivity contribution < 1.29 is 14.3 Å². The van der Waals surface area contributed by atoms with Crippen LogP contribution in [0.3, 0.4) is 0 Å². The Morgan fingerprint density at radius 1 is 1.12 bits per heavy atom. The molecule has 0 spiro atoms. The smallest absolute Gasteiger partial charge is 0.237 e. The van der Waals surface area contributed by atoms with E-state index in [0.29, 0.717) is 19.0 Å². The summed E-state index contributed by atoms with van der Waals surface area (Å²) in [5, 5.41) is 2.80. The van der Waals surface area contributed by atoms with Crippen LogP contribution in [-0.4, -0.2) is 24.4 Å². The van der Waals surface area contributed by atoms with E-state index in [2.05, 4.69) is 36.5 Å². The Morgan fingerprint density at radius 2 is 1.83 bits per heavy atom. The second-order valence-electron chi connectivity index (χ2n) is 5.79. The van der Waals surface area contributed by atoms with Gasteiger partial charge in [-0.05, 0) is 31.5 Å². The van der Waals surface area contributed by atoms with Gasteiger partial charge in [0.1, 0.15) is 13.2 Å².